The predicted octanol–water partition coefficient (Wildman–Crippen LogP) is 0.884. The minimum absolute atomic E-state index is 0.0336. The third-order valence-electron chi connectivity index (χ3n) is 5.25. The molecule has 1 aliphatic heterocycles. The summed E-state index contributed by atoms with van der Waals surface area (Å²) in [6, 6.07) is 11.2. The lowest BCUT2D eigenvalue weighted by Crippen LogP contribution is -2.43. The first-order valence-corrected chi connectivity index (χ1v) is 11.0. The predicted molar refractivity (Wildman–Crippen MR) is 109 cm³/mol. The van der Waals surface area contributed by atoms with Crippen molar-refractivity contribution in [1.82, 2.24) is 14.2 Å². The van der Waals surface area contributed by atoms with E-state index < -0.39 is 15.9 Å². The Kier molecular flexibility index (Phi) is 6.39. The summed E-state index contributed by atoms with van der Waals surface area (Å²) in [5, 5.41) is 2.95. The molecule has 1 aromatic heterocycles. The van der Waals surface area contributed by atoms with Crippen molar-refractivity contribution in [3.8, 4) is 0 Å². The molecule has 1 saturated heterocycles. The van der Waals surface area contributed by atoms with Crippen LogP contribution in [0.15, 0.2) is 47.5 Å². The summed E-state index contributed by atoms with van der Waals surface area (Å²) in [7, 11) is -2.15. The van der Waals surface area contributed by atoms with Crippen molar-refractivity contribution in [2.45, 2.75) is 24.2 Å². The molecule has 3 N–H and O–H groups in total. The first kappa shape index (κ1) is 21.1. The Morgan fingerprint density at radius 1 is 1.17 bits per heavy atom. The van der Waals surface area contributed by atoms with Crippen LogP contribution in [0.3, 0.4) is 0 Å². The fourth-order valence-electron chi connectivity index (χ4n) is 3.55. The molecular formula is C20H26N4O4S. The second kappa shape index (κ2) is 8.79. The summed E-state index contributed by atoms with van der Waals surface area (Å²) in [6.45, 7) is 1.08. The zero-order chi connectivity index (χ0) is 21.0. The highest BCUT2D eigenvalue weighted by Crippen LogP contribution is 2.25. The Bertz CT molecular complexity index is 977. The van der Waals surface area contributed by atoms with Gasteiger partial charge in [0.15, 0.2) is 0 Å². The summed E-state index contributed by atoms with van der Waals surface area (Å²) in [5.74, 6) is -0.914. The van der Waals surface area contributed by atoms with Crippen molar-refractivity contribution in [1.29, 1.82) is 0 Å². The molecule has 29 heavy (non-hydrogen) atoms. The van der Waals surface area contributed by atoms with Gasteiger partial charge < -0.3 is 15.6 Å². The smallest absolute Gasteiger partial charge is 0.265 e. The largest absolute Gasteiger partial charge is 0.364 e. The summed E-state index contributed by atoms with van der Waals surface area (Å²) < 4.78 is 28.4. The topological polar surface area (TPSA) is 114 Å². The first-order chi connectivity index (χ1) is 13.8. The molecule has 2 amide bonds. The summed E-state index contributed by atoms with van der Waals surface area (Å²) in [5.41, 5.74) is 6.56. The molecular weight excluding hydrogens is 392 g/mol. The highest BCUT2D eigenvalue weighted by Gasteiger charge is 2.33. The van der Waals surface area contributed by atoms with Crippen LogP contribution in [0.5, 0.6) is 0 Å². The van der Waals surface area contributed by atoms with Crippen LogP contribution in [0, 0.1) is 5.92 Å². The van der Waals surface area contributed by atoms with Crippen LogP contribution in [0.1, 0.15) is 28.9 Å². The van der Waals surface area contributed by atoms with Gasteiger partial charge in [-0.05, 0) is 30.9 Å². The van der Waals surface area contributed by atoms with Crippen molar-refractivity contribution in [2.75, 3.05) is 19.6 Å². The normalized spacial score (nSPS) is 15.9. The lowest BCUT2D eigenvalue weighted by molar-refractivity contribution is -0.126. The highest BCUT2D eigenvalue weighted by atomic mass is 32.2. The average Bonchev–Trinajstić information content (AvgIpc) is 3.11. The van der Waals surface area contributed by atoms with Crippen LogP contribution in [0.2, 0.25) is 0 Å². The first-order valence-electron chi connectivity index (χ1n) is 9.57. The number of rotatable bonds is 7. The van der Waals surface area contributed by atoms with Crippen molar-refractivity contribution < 1.29 is 18.0 Å². The van der Waals surface area contributed by atoms with Gasteiger partial charge in [0.25, 0.3) is 5.91 Å². The van der Waals surface area contributed by atoms with Crippen LogP contribution >= 0.6 is 0 Å². The average molecular weight is 419 g/mol. The highest BCUT2D eigenvalue weighted by molar-refractivity contribution is 7.89. The maximum absolute atomic E-state index is 12.8. The number of aryl methyl sites for hydroxylation is 1. The molecule has 1 aromatic carbocycles. The zero-order valence-electron chi connectivity index (χ0n) is 16.4. The van der Waals surface area contributed by atoms with E-state index in [0.29, 0.717) is 19.4 Å². The quantitative estimate of drug-likeness (QED) is 0.695. The fraction of sp³-hybridized carbons (Fsp3) is 0.400. The monoisotopic (exact) mass is 418 g/mol. The number of hydrogen-bond acceptors (Lipinski definition) is 4. The van der Waals surface area contributed by atoms with Crippen molar-refractivity contribution in [2.24, 2.45) is 18.7 Å². The van der Waals surface area contributed by atoms with E-state index in [1.807, 2.05) is 30.3 Å². The molecule has 0 atom stereocenters. The van der Waals surface area contributed by atoms with Gasteiger partial charge in [-0.1, -0.05) is 30.3 Å². The number of nitrogens with zero attached hydrogens (tertiary/aromatic N) is 2. The second-order valence-corrected chi connectivity index (χ2v) is 9.18. The second-order valence-electron chi connectivity index (χ2n) is 7.24. The van der Waals surface area contributed by atoms with Crippen molar-refractivity contribution in [3.05, 3.63) is 53.9 Å². The number of benzene rings is 1. The summed E-state index contributed by atoms with van der Waals surface area (Å²) >= 11 is 0. The molecule has 0 unspecified atom stereocenters. The van der Waals surface area contributed by atoms with Gasteiger partial charge in [0.05, 0.1) is 0 Å². The molecule has 0 saturated carbocycles. The molecule has 0 bridgehead atoms. The standard InChI is InChI=1S/C20H26N4O4S/c1-23-14-17(13-18(23)19(21)25)29(27,28)24-11-8-16(9-12-24)20(26)22-10-7-15-5-3-2-4-6-15/h2-6,13-14,16H,7-12H2,1H3,(H2,21,25)(H,22,26). The molecule has 1 aliphatic rings. The van der Waals surface area contributed by atoms with Crippen LogP contribution in [-0.2, 0) is 28.3 Å². The number of nitrogens with two attached hydrogens (primary N) is 1. The van der Waals surface area contributed by atoms with Gasteiger partial charge in [-0.15, -0.1) is 0 Å². The third kappa shape index (κ3) is 4.86. The van der Waals surface area contributed by atoms with Gasteiger partial charge in [0.1, 0.15) is 10.6 Å². The molecule has 0 radical (unpaired) electrons. The van der Waals surface area contributed by atoms with Crippen molar-refractivity contribution in [3.63, 3.8) is 0 Å². The van der Waals surface area contributed by atoms with E-state index in [4.69, 9.17) is 5.73 Å². The van der Waals surface area contributed by atoms with E-state index in [-0.39, 0.29) is 35.5 Å². The maximum atomic E-state index is 12.8. The lowest BCUT2D eigenvalue weighted by atomic mass is 9.97. The van der Waals surface area contributed by atoms with Crippen LogP contribution in [-0.4, -0.2) is 48.7 Å². The number of nitrogens with one attached hydrogen (secondary N) is 1. The number of sulfonamides is 1. The zero-order valence-corrected chi connectivity index (χ0v) is 17.2. The number of piperidine rings is 1. The van der Waals surface area contributed by atoms with Gasteiger partial charge in [0, 0.05) is 38.8 Å². The van der Waals surface area contributed by atoms with Gasteiger partial charge in [-0.25, -0.2) is 8.42 Å². The number of primary amides is 1. The number of amides is 2. The van der Waals surface area contributed by atoms with Crippen molar-refractivity contribution >= 4 is 21.8 Å². The Hall–Kier alpha value is -2.65. The Morgan fingerprint density at radius 3 is 2.41 bits per heavy atom. The molecule has 2 aromatic rings. The number of aromatic nitrogens is 1. The van der Waals surface area contributed by atoms with E-state index in [1.165, 1.54) is 21.1 Å². The number of hydrogen-bond donors (Lipinski definition) is 2. The minimum Gasteiger partial charge on any atom is -0.364 e. The number of carbonyl (C=O) groups excluding carboxylic acids is 2. The van der Waals surface area contributed by atoms with Gasteiger partial charge in [-0.2, -0.15) is 4.31 Å². The van der Waals surface area contributed by atoms with E-state index in [0.717, 1.165) is 12.0 Å². The van der Waals surface area contributed by atoms with E-state index in [9.17, 15) is 18.0 Å². The van der Waals surface area contributed by atoms with Gasteiger partial charge >= 0.3 is 0 Å². The molecule has 9 heteroatoms. The maximum Gasteiger partial charge on any atom is 0.265 e. The molecule has 1 fully saturated rings. The molecule has 3 rings (SSSR count). The molecule has 0 aliphatic carbocycles. The molecule has 8 nitrogen and oxygen atoms in total. The molecule has 156 valence electrons. The Labute approximate surface area is 170 Å². The lowest BCUT2D eigenvalue weighted by Gasteiger charge is -2.30. The Balaban J connectivity index is 1.53. The van der Waals surface area contributed by atoms with E-state index in [2.05, 4.69) is 5.32 Å². The fourth-order valence-corrected chi connectivity index (χ4v) is 5.09. The molecule has 0 spiro atoms. The minimum atomic E-state index is -3.73. The Morgan fingerprint density at radius 2 is 1.83 bits per heavy atom. The van der Waals surface area contributed by atoms with E-state index >= 15 is 0 Å². The SMILES string of the molecule is Cn1cc(S(=O)(=O)N2CCC(C(=O)NCCc3ccccc3)CC2)cc1C(N)=O. The van der Waals surface area contributed by atoms with Gasteiger partial charge in [-0.3, -0.25) is 9.59 Å². The van der Waals surface area contributed by atoms with Crippen LogP contribution in [0.4, 0.5) is 0 Å². The van der Waals surface area contributed by atoms with Crippen LogP contribution < -0.4 is 11.1 Å². The molecule has 2 heterocycles. The number of carbonyl (C=O) groups is 2. The van der Waals surface area contributed by atoms with E-state index in [1.54, 1.807) is 7.05 Å². The van der Waals surface area contributed by atoms with Gasteiger partial charge in [0.2, 0.25) is 15.9 Å². The summed E-state index contributed by atoms with van der Waals surface area (Å²) in [4.78, 5) is 23.8. The van der Waals surface area contributed by atoms with Crippen LogP contribution in [0.25, 0.3) is 0 Å². The summed E-state index contributed by atoms with van der Waals surface area (Å²) in [6.07, 6.45) is 3.08. The third-order valence-corrected chi connectivity index (χ3v) is 7.11.